The van der Waals surface area contributed by atoms with E-state index in [1.54, 1.807) is 21.3 Å². The Kier molecular flexibility index (Phi) is 7.75. The number of methoxy groups -OCH3 is 3. The summed E-state index contributed by atoms with van der Waals surface area (Å²) in [4.78, 5) is 0. The van der Waals surface area contributed by atoms with Gasteiger partial charge in [-0.2, -0.15) is 0 Å². The van der Waals surface area contributed by atoms with Crippen molar-refractivity contribution in [3.8, 4) is 23.0 Å². The Balaban J connectivity index is 2.70. The lowest BCUT2D eigenvalue weighted by Crippen LogP contribution is -2.18. The van der Waals surface area contributed by atoms with Crippen LogP contribution in [0.2, 0.25) is 0 Å². The molecule has 1 N–H and O–H groups in total. The van der Waals surface area contributed by atoms with Crippen molar-refractivity contribution >= 4 is 0 Å². The molecular formula is C16H27NO4. The number of rotatable bonds is 10. The molecule has 0 aliphatic heterocycles. The Morgan fingerprint density at radius 1 is 1.05 bits per heavy atom. The zero-order valence-electron chi connectivity index (χ0n) is 13.7. The van der Waals surface area contributed by atoms with Gasteiger partial charge in [0.05, 0.1) is 27.4 Å². The lowest BCUT2D eigenvalue weighted by molar-refractivity contribution is 0.205. The zero-order chi connectivity index (χ0) is 15.7. The third-order valence-corrected chi connectivity index (χ3v) is 3.19. The lowest BCUT2D eigenvalue weighted by Gasteiger charge is -2.18. The minimum Gasteiger partial charge on any atom is -0.493 e. The topological polar surface area (TPSA) is 49.0 Å². The van der Waals surface area contributed by atoms with Crippen LogP contribution in [0.3, 0.4) is 0 Å². The Morgan fingerprint density at radius 2 is 1.67 bits per heavy atom. The van der Waals surface area contributed by atoms with Gasteiger partial charge in [0, 0.05) is 12.1 Å². The van der Waals surface area contributed by atoms with E-state index in [2.05, 4.69) is 19.2 Å². The maximum absolute atomic E-state index is 5.94. The van der Waals surface area contributed by atoms with Crippen LogP contribution in [0, 0.1) is 0 Å². The largest absolute Gasteiger partial charge is 0.493 e. The van der Waals surface area contributed by atoms with Crippen molar-refractivity contribution in [2.75, 3.05) is 34.4 Å². The van der Waals surface area contributed by atoms with E-state index in [1.165, 1.54) is 0 Å². The molecule has 0 amide bonds. The van der Waals surface area contributed by atoms with Gasteiger partial charge in [-0.3, -0.25) is 0 Å². The number of benzene rings is 1. The van der Waals surface area contributed by atoms with E-state index in [1.807, 2.05) is 12.1 Å². The highest BCUT2D eigenvalue weighted by atomic mass is 16.5. The van der Waals surface area contributed by atoms with Crippen LogP contribution in [0.4, 0.5) is 0 Å². The van der Waals surface area contributed by atoms with Crippen LogP contribution in [0.1, 0.15) is 26.7 Å². The Labute approximate surface area is 127 Å². The maximum atomic E-state index is 5.94. The molecule has 1 aromatic carbocycles. The summed E-state index contributed by atoms with van der Waals surface area (Å²) < 4.78 is 21.9. The summed E-state index contributed by atoms with van der Waals surface area (Å²) in [5.41, 5.74) is 0. The third-order valence-electron chi connectivity index (χ3n) is 3.19. The predicted molar refractivity (Wildman–Crippen MR) is 84.0 cm³/mol. The second-order valence-corrected chi connectivity index (χ2v) is 4.79. The van der Waals surface area contributed by atoms with Crippen LogP contribution >= 0.6 is 0 Å². The van der Waals surface area contributed by atoms with Gasteiger partial charge in [0.1, 0.15) is 5.75 Å². The highest BCUT2D eigenvalue weighted by molar-refractivity contribution is 5.55. The second kappa shape index (κ2) is 9.34. The van der Waals surface area contributed by atoms with E-state index in [4.69, 9.17) is 18.9 Å². The highest BCUT2D eigenvalue weighted by Crippen LogP contribution is 2.41. The first kappa shape index (κ1) is 17.4. The van der Waals surface area contributed by atoms with Gasteiger partial charge < -0.3 is 24.3 Å². The van der Waals surface area contributed by atoms with Gasteiger partial charge in [-0.05, 0) is 32.9 Å². The summed E-state index contributed by atoms with van der Waals surface area (Å²) in [5.74, 6) is 2.51. The van der Waals surface area contributed by atoms with Crippen molar-refractivity contribution in [1.82, 2.24) is 5.32 Å². The molecule has 1 aromatic rings. The fraction of sp³-hybridized carbons (Fsp3) is 0.625. The van der Waals surface area contributed by atoms with Crippen molar-refractivity contribution in [2.24, 2.45) is 0 Å². The fourth-order valence-corrected chi connectivity index (χ4v) is 2.11. The average Bonchev–Trinajstić information content (AvgIpc) is 2.50. The lowest BCUT2D eigenvalue weighted by atomic mass is 10.2. The van der Waals surface area contributed by atoms with Gasteiger partial charge >= 0.3 is 0 Å². The van der Waals surface area contributed by atoms with Crippen molar-refractivity contribution in [2.45, 2.75) is 32.8 Å². The smallest absolute Gasteiger partial charge is 0.203 e. The van der Waals surface area contributed by atoms with Gasteiger partial charge in [-0.15, -0.1) is 0 Å². The molecule has 120 valence electrons. The summed E-state index contributed by atoms with van der Waals surface area (Å²) in [7, 11) is 4.78. The van der Waals surface area contributed by atoms with Crippen LogP contribution in [0.25, 0.3) is 0 Å². The molecule has 5 nitrogen and oxygen atoms in total. The van der Waals surface area contributed by atoms with Gasteiger partial charge in [-0.1, -0.05) is 6.92 Å². The van der Waals surface area contributed by atoms with Crippen molar-refractivity contribution in [3.05, 3.63) is 12.1 Å². The molecule has 1 atom stereocenters. The van der Waals surface area contributed by atoms with Crippen LogP contribution in [-0.2, 0) is 0 Å². The first-order valence-corrected chi connectivity index (χ1v) is 7.33. The van der Waals surface area contributed by atoms with E-state index >= 15 is 0 Å². The molecule has 0 heterocycles. The first-order chi connectivity index (χ1) is 10.2. The van der Waals surface area contributed by atoms with Gasteiger partial charge in [-0.25, -0.2) is 0 Å². The van der Waals surface area contributed by atoms with E-state index in [9.17, 15) is 0 Å². The minimum absolute atomic E-state index is 0.131. The summed E-state index contributed by atoms with van der Waals surface area (Å²) in [6, 6.07) is 3.64. The van der Waals surface area contributed by atoms with Crippen LogP contribution < -0.4 is 24.3 Å². The molecule has 0 bridgehead atoms. The molecule has 0 saturated heterocycles. The van der Waals surface area contributed by atoms with Crippen molar-refractivity contribution in [1.29, 1.82) is 0 Å². The molecule has 0 saturated carbocycles. The SMILES string of the molecule is CCNCCCC(C)Oc1cc(OC)c(OC)c(OC)c1. The summed E-state index contributed by atoms with van der Waals surface area (Å²) in [5, 5.41) is 3.31. The molecular weight excluding hydrogens is 270 g/mol. The Hall–Kier alpha value is -1.62. The third kappa shape index (κ3) is 5.34. The normalized spacial score (nSPS) is 11.9. The number of nitrogens with one attached hydrogen (secondary N) is 1. The van der Waals surface area contributed by atoms with Gasteiger partial charge in [0.25, 0.3) is 0 Å². The number of ether oxygens (including phenoxy) is 4. The fourth-order valence-electron chi connectivity index (χ4n) is 2.11. The number of hydrogen-bond donors (Lipinski definition) is 1. The molecule has 1 rings (SSSR count). The molecule has 0 aliphatic rings. The zero-order valence-corrected chi connectivity index (χ0v) is 13.7. The highest BCUT2D eigenvalue weighted by Gasteiger charge is 2.15. The molecule has 21 heavy (non-hydrogen) atoms. The molecule has 0 aromatic heterocycles. The van der Waals surface area contributed by atoms with Crippen LogP contribution in [0.5, 0.6) is 23.0 Å². The van der Waals surface area contributed by atoms with E-state index in [-0.39, 0.29) is 6.10 Å². The summed E-state index contributed by atoms with van der Waals surface area (Å²) in [6.45, 7) is 6.19. The molecule has 5 heteroatoms. The monoisotopic (exact) mass is 297 g/mol. The molecule has 0 fully saturated rings. The Morgan fingerprint density at radius 3 is 2.14 bits per heavy atom. The second-order valence-electron chi connectivity index (χ2n) is 4.79. The molecule has 0 spiro atoms. The van der Waals surface area contributed by atoms with Gasteiger partial charge in [0.2, 0.25) is 5.75 Å². The Bertz CT molecular complexity index is 398. The first-order valence-electron chi connectivity index (χ1n) is 7.33. The predicted octanol–water partition coefficient (Wildman–Crippen LogP) is 2.87. The summed E-state index contributed by atoms with van der Waals surface area (Å²) >= 11 is 0. The van der Waals surface area contributed by atoms with Crippen LogP contribution in [0.15, 0.2) is 12.1 Å². The standard InChI is InChI=1S/C16H27NO4/c1-6-17-9-7-8-12(2)21-13-10-14(18-3)16(20-5)15(11-13)19-4/h10-12,17H,6-9H2,1-5H3. The summed E-state index contributed by atoms with van der Waals surface area (Å²) in [6.07, 6.45) is 2.20. The van der Waals surface area contributed by atoms with E-state index < -0.39 is 0 Å². The molecule has 0 aliphatic carbocycles. The van der Waals surface area contributed by atoms with E-state index in [0.717, 1.165) is 31.7 Å². The van der Waals surface area contributed by atoms with Crippen molar-refractivity contribution < 1.29 is 18.9 Å². The van der Waals surface area contributed by atoms with Crippen molar-refractivity contribution in [3.63, 3.8) is 0 Å². The average molecular weight is 297 g/mol. The quantitative estimate of drug-likeness (QED) is 0.673. The minimum atomic E-state index is 0.131. The maximum Gasteiger partial charge on any atom is 0.203 e. The van der Waals surface area contributed by atoms with Gasteiger partial charge in [0.15, 0.2) is 11.5 Å². The van der Waals surface area contributed by atoms with Crippen LogP contribution in [-0.4, -0.2) is 40.5 Å². The van der Waals surface area contributed by atoms with E-state index in [0.29, 0.717) is 17.2 Å². The number of hydrogen-bond acceptors (Lipinski definition) is 5. The molecule has 1 unspecified atom stereocenters. The molecule has 0 radical (unpaired) electrons.